The zero-order chi connectivity index (χ0) is 24.3. The normalized spacial score (nSPS) is 21.1. The smallest absolute Gasteiger partial charge is 0.441 e. The Balaban J connectivity index is 2.99. The van der Waals surface area contributed by atoms with Crippen molar-refractivity contribution in [1.29, 1.82) is 0 Å². The van der Waals surface area contributed by atoms with E-state index in [2.05, 4.69) is 6.58 Å². The predicted molar refractivity (Wildman–Crippen MR) is 110 cm³/mol. The summed E-state index contributed by atoms with van der Waals surface area (Å²) in [5, 5.41) is 0.126. The molecule has 0 spiro atoms. The van der Waals surface area contributed by atoms with Gasteiger partial charge in [-0.1, -0.05) is 13.0 Å². The zero-order valence-corrected chi connectivity index (χ0v) is 19.5. The Morgan fingerprint density at radius 3 is 1.94 bits per heavy atom. The molecule has 0 saturated heterocycles. The van der Waals surface area contributed by atoms with Crippen LogP contribution in [-0.2, 0) is 19.1 Å². The first-order valence-electron chi connectivity index (χ1n) is 10.4. The maximum atomic E-state index is 14.2. The van der Waals surface area contributed by atoms with Crippen LogP contribution in [0.25, 0.3) is 0 Å². The average molecular weight is 448 g/mol. The number of rotatable bonds is 7. The van der Waals surface area contributed by atoms with Crippen molar-refractivity contribution in [3.63, 3.8) is 0 Å². The molecule has 31 heavy (non-hydrogen) atoms. The van der Waals surface area contributed by atoms with Gasteiger partial charge in [-0.05, 0) is 71.8 Å². The largest absolute Gasteiger partial charge is 0.454 e. The highest BCUT2D eigenvalue weighted by Crippen LogP contribution is 2.60. The Morgan fingerprint density at radius 2 is 1.55 bits per heavy atom. The summed E-state index contributed by atoms with van der Waals surface area (Å²) in [6.07, 6.45) is -1.31. The molecule has 0 radical (unpaired) electrons. The lowest BCUT2D eigenvalue weighted by Gasteiger charge is -2.28. The van der Waals surface area contributed by atoms with Crippen molar-refractivity contribution in [3.8, 4) is 0 Å². The van der Waals surface area contributed by atoms with Gasteiger partial charge in [-0.25, -0.2) is 23.2 Å². The van der Waals surface area contributed by atoms with Gasteiger partial charge < -0.3 is 14.3 Å². The Labute approximate surface area is 183 Å². The number of hydrogen-bond acceptors (Lipinski definition) is 6. The van der Waals surface area contributed by atoms with Crippen LogP contribution in [0.15, 0.2) is 12.7 Å². The minimum atomic E-state index is -2.95. The zero-order valence-electron chi connectivity index (χ0n) is 19.5. The lowest BCUT2D eigenvalue weighted by Crippen LogP contribution is -2.46. The molecule has 0 aromatic carbocycles. The van der Waals surface area contributed by atoms with E-state index >= 15 is 0 Å². The van der Waals surface area contributed by atoms with E-state index in [1.54, 1.807) is 48.5 Å². The summed E-state index contributed by atoms with van der Waals surface area (Å²) < 4.78 is 38.6. The summed E-state index contributed by atoms with van der Waals surface area (Å²) in [5.41, 5.74) is -3.14. The Hall–Kier alpha value is -2.19. The van der Waals surface area contributed by atoms with Crippen molar-refractivity contribution in [2.45, 2.75) is 97.7 Å². The predicted octanol–water partition coefficient (Wildman–Crippen LogP) is 6.02. The fourth-order valence-electron chi connectivity index (χ4n) is 3.18. The molecule has 9 heteroatoms. The number of halogens is 2. The van der Waals surface area contributed by atoms with Crippen LogP contribution in [0.2, 0.25) is 0 Å². The second-order valence-electron chi connectivity index (χ2n) is 9.93. The number of allylic oxidation sites excluding steroid dienone is 1. The molecule has 0 aromatic heterocycles. The van der Waals surface area contributed by atoms with Crippen LogP contribution >= 0.6 is 0 Å². The summed E-state index contributed by atoms with van der Waals surface area (Å²) in [4.78, 5) is 42.9. The van der Waals surface area contributed by atoms with Crippen LogP contribution in [0.5, 0.6) is 0 Å². The Kier molecular flexibility index (Phi) is 8.25. The van der Waals surface area contributed by atoms with E-state index in [0.717, 1.165) is 0 Å². The highest BCUT2D eigenvalue weighted by Gasteiger charge is 2.63. The molecule has 0 heterocycles. The molecular formula is C22H35F2NO6. The molecule has 1 aliphatic rings. The van der Waals surface area contributed by atoms with Gasteiger partial charge >= 0.3 is 18.2 Å². The summed E-state index contributed by atoms with van der Waals surface area (Å²) in [7, 11) is 0. The second-order valence-corrected chi connectivity index (χ2v) is 9.93. The molecule has 0 N–H and O–H groups in total. The monoisotopic (exact) mass is 447 g/mol. The van der Waals surface area contributed by atoms with Gasteiger partial charge in [0.05, 0.1) is 5.41 Å². The minimum absolute atomic E-state index is 0.126. The summed E-state index contributed by atoms with van der Waals surface area (Å²) >= 11 is 0. The molecule has 178 valence electrons. The molecule has 1 rings (SSSR count). The molecule has 2 atom stereocenters. The van der Waals surface area contributed by atoms with Crippen LogP contribution in [0.1, 0.15) is 80.6 Å². The molecule has 1 fully saturated rings. The van der Waals surface area contributed by atoms with Crippen molar-refractivity contribution in [1.82, 2.24) is 5.06 Å². The van der Waals surface area contributed by atoms with Crippen LogP contribution in [0.4, 0.5) is 18.4 Å². The first kappa shape index (κ1) is 26.8. The topological polar surface area (TPSA) is 82.1 Å². The quantitative estimate of drug-likeness (QED) is 0.350. The molecule has 0 aliphatic heterocycles. The van der Waals surface area contributed by atoms with Gasteiger partial charge in [0.1, 0.15) is 11.2 Å². The molecule has 0 unspecified atom stereocenters. The number of alkyl halides is 2. The van der Waals surface area contributed by atoms with E-state index in [4.69, 9.17) is 14.3 Å². The van der Waals surface area contributed by atoms with E-state index in [1.165, 1.54) is 6.08 Å². The molecule has 7 nitrogen and oxygen atoms in total. The fraction of sp³-hybridized carbons (Fsp3) is 0.773. The standard InChI is InChI=1S/C22H35F2NO6/c1-9-11-12-22(23,24)14-15-13-21(15,10-2)16(26)31-25(17(27)29-19(3,4)5)18(28)30-20(6,7)8/h9,15H,1,10-14H2,2-8H3/t15-,21+/m0/s1. The summed E-state index contributed by atoms with van der Waals surface area (Å²) in [6, 6.07) is 0. The molecule has 1 aliphatic carbocycles. The van der Waals surface area contributed by atoms with Crippen molar-refractivity contribution in [3.05, 3.63) is 12.7 Å². The van der Waals surface area contributed by atoms with Crippen LogP contribution < -0.4 is 0 Å². The number of nitrogens with zero attached hydrogens (tertiary/aromatic N) is 1. The molecule has 0 bridgehead atoms. The number of imide groups is 1. The van der Waals surface area contributed by atoms with E-state index in [1.807, 2.05) is 0 Å². The third kappa shape index (κ3) is 8.10. The van der Waals surface area contributed by atoms with Gasteiger partial charge in [0.15, 0.2) is 0 Å². The lowest BCUT2D eigenvalue weighted by molar-refractivity contribution is -0.187. The average Bonchev–Trinajstić information content (AvgIpc) is 3.27. The minimum Gasteiger partial charge on any atom is -0.441 e. The van der Waals surface area contributed by atoms with Crippen molar-refractivity contribution >= 4 is 18.2 Å². The first-order chi connectivity index (χ1) is 14.0. The van der Waals surface area contributed by atoms with E-state index in [9.17, 15) is 23.2 Å². The summed E-state index contributed by atoms with van der Waals surface area (Å²) in [5.74, 6) is -4.51. The Bertz CT molecular complexity index is 667. The molecular weight excluding hydrogens is 412 g/mol. The number of amides is 2. The third-order valence-electron chi connectivity index (χ3n) is 4.82. The number of hydroxylamine groups is 2. The van der Waals surface area contributed by atoms with E-state index in [-0.39, 0.29) is 30.7 Å². The van der Waals surface area contributed by atoms with Crippen LogP contribution in [-0.4, -0.2) is 40.3 Å². The maximum Gasteiger partial charge on any atom is 0.454 e. The van der Waals surface area contributed by atoms with Crippen molar-refractivity contribution in [2.75, 3.05) is 0 Å². The number of carbonyl (C=O) groups excluding carboxylic acids is 3. The number of hydrogen-bond donors (Lipinski definition) is 0. The van der Waals surface area contributed by atoms with Gasteiger partial charge in [0, 0.05) is 12.8 Å². The van der Waals surface area contributed by atoms with Gasteiger partial charge in [-0.3, -0.25) is 0 Å². The first-order valence-corrected chi connectivity index (χ1v) is 10.4. The molecule has 0 aromatic rings. The fourth-order valence-corrected chi connectivity index (χ4v) is 3.18. The Morgan fingerprint density at radius 1 is 1.06 bits per heavy atom. The lowest BCUT2D eigenvalue weighted by atomic mass is 9.96. The van der Waals surface area contributed by atoms with E-state index < -0.39 is 53.0 Å². The highest BCUT2D eigenvalue weighted by atomic mass is 19.3. The SMILES string of the molecule is C=CCCC(F)(F)C[C@@H]1C[C@@]1(CC)C(=O)ON(C(=O)OC(C)(C)C)C(=O)OC(C)(C)C. The van der Waals surface area contributed by atoms with Crippen molar-refractivity contribution in [2.24, 2.45) is 11.3 Å². The van der Waals surface area contributed by atoms with Gasteiger partial charge in [0.2, 0.25) is 5.92 Å². The molecule has 1 saturated carbocycles. The van der Waals surface area contributed by atoms with Crippen LogP contribution in [0, 0.1) is 11.3 Å². The third-order valence-corrected chi connectivity index (χ3v) is 4.82. The maximum absolute atomic E-state index is 14.2. The van der Waals surface area contributed by atoms with Gasteiger partial charge in [-0.15, -0.1) is 6.58 Å². The van der Waals surface area contributed by atoms with Gasteiger partial charge in [-0.2, -0.15) is 0 Å². The number of carbonyl (C=O) groups is 3. The van der Waals surface area contributed by atoms with E-state index in [0.29, 0.717) is 0 Å². The summed E-state index contributed by atoms with van der Waals surface area (Å²) in [6.45, 7) is 14.6. The molecule has 2 amide bonds. The van der Waals surface area contributed by atoms with Gasteiger partial charge in [0.25, 0.3) is 0 Å². The highest BCUT2D eigenvalue weighted by molar-refractivity contribution is 5.90. The number of ether oxygens (including phenoxy) is 2. The second kappa shape index (κ2) is 9.53. The van der Waals surface area contributed by atoms with Crippen molar-refractivity contribution < 1.29 is 37.5 Å². The van der Waals surface area contributed by atoms with Crippen LogP contribution in [0.3, 0.4) is 0 Å².